The van der Waals surface area contributed by atoms with Crippen molar-refractivity contribution in [3.8, 4) is 0 Å². The number of pyridine rings is 1. The Morgan fingerprint density at radius 1 is 1.26 bits per heavy atom. The highest BCUT2D eigenvalue weighted by Gasteiger charge is 2.30. The van der Waals surface area contributed by atoms with E-state index in [0.29, 0.717) is 18.9 Å². The third-order valence-corrected chi connectivity index (χ3v) is 5.36. The molecule has 2 aromatic rings. The molecular weight excluding hydrogens is 340 g/mol. The summed E-state index contributed by atoms with van der Waals surface area (Å²) < 4.78 is 2.14. The number of aromatic nitrogens is 2. The Kier molecular flexibility index (Phi) is 5.63. The zero-order chi connectivity index (χ0) is 19.6. The summed E-state index contributed by atoms with van der Waals surface area (Å²) in [6.45, 7) is 10.0. The third kappa shape index (κ3) is 4.04. The van der Waals surface area contributed by atoms with Crippen LogP contribution in [-0.4, -0.2) is 39.4 Å². The van der Waals surface area contributed by atoms with Gasteiger partial charge in [0.2, 0.25) is 5.91 Å². The van der Waals surface area contributed by atoms with Gasteiger partial charge in [0.15, 0.2) is 0 Å². The van der Waals surface area contributed by atoms with Gasteiger partial charge in [-0.3, -0.25) is 9.59 Å². The number of rotatable bonds is 4. The number of anilines is 1. The lowest BCUT2D eigenvalue weighted by Crippen LogP contribution is -2.44. The average molecular weight is 368 g/mol. The molecule has 2 amide bonds. The number of hydrogen-bond donors (Lipinski definition) is 1. The van der Waals surface area contributed by atoms with Crippen LogP contribution in [0.25, 0.3) is 0 Å². The first-order valence-corrected chi connectivity index (χ1v) is 9.60. The standard InChI is InChI=1S/C21H28N4O2/c1-5-25-15(3)11-18(16(25)4)21(27)24-10-6-7-17(13-24)20(26)23-19-9-8-14(2)12-22-19/h8-9,11-12,17H,5-7,10,13H2,1-4H3,(H,22,23,26). The van der Waals surface area contributed by atoms with Gasteiger partial charge in [-0.1, -0.05) is 6.07 Å². The van der Waals surface area contributed by atoms with Crippen LogP contribution in [0, 0.1) is 26.7 Å². The fourth-order valence-electron chi connectivity index (χ4n) is 3.82. The predicted octanol–water partition coefficient (Wildman–Crippen LogP) is 3.32. The zero-order valence-corrected chi connectivity index (χ0v) is 16.6. The molecule has 1 saturated heterocycles. The summed E-state index contributed by atoms with van der Waals surface area (Å²) in [6, 6.07) is 5.68. The van der Waals surface area contributed by atoms with Gasteiger partial charge < -0.3 is 14.8 Å². The van der Waals surface area contributed by atoms with Crippen molar-refractivity contribution in [2.24, 2.45) is 5.92 Å². The monoisotopic (exact) mass is 368 g/mol. The molecule has 144 valence electrons. The largest absolute Gasteiger partial charge is 0.349 e. The molecule has 1 aliphatic rings. The van der Waals surface area contributed by atoms with Crippen molar-refractivity contribution in [1.29, 1.82) is 0 Å². The normalized spacial score (nSPS) is 17.0. The van der Waals surface area contributed by atoms with Gasteiger partial charge in [0.05, 0.1) is 11.5 Å². The first-order chi connectivity index (χ1) is 12.9. The molecule has 0 aromatic carbocycles. The van der Waals surface area contributed by atoms with Gasteiger partial charge in [0.1, 0.15) is 5.82 Å². The van der Waals surface area contributed by atoms with E-state index in [1.807, 2.05) is 37.8 Å². The molecule has 6 heteroatoms. The highest BCUT2D eigenvalue weighted by atomic mass is 16.2. The minimum absolute atomic E-state index is 0.0220. The summed E-state index contributed by atoms with van der Waals surface area (Å²) >= 11 is 0. The third-order valence-electron chi connectivity index (χ3n) is 5.36. The van der Waals surface area contributed by atoms with Crippen LogP contribution in [-0.2, 0) is 11.3 Å². The van der Waals surface area contributed by atoms with Crippen molar-refractivity contribution < 1.29 is 9.59 Å². The van der Waals surface area contributed by atoms with Crippen LogP contribution in [0.5, 0.6) is 0 Å². The van der Waals surface area contributed by atoms with E-state index in [1.54, 1.807) is 12.3 Å². The molecule has 0 aliphatic carbocycles. The van der Waals surface area contributed by atoms with Gasteiger partial charge in [-0.05, 0) is 58.2 Å². The van der Waals surface area contributed by atoms with Crippen molar-refractivity contribution in [2.45, 2.75) is 47.1 Å². The van der Waals surface area contributed by atoms with Gasteiger partial charge in [-0.15, -0.1) is 0 Å². The Morgan fingerprint density at radius 3 is 2.67 bits per heavy atom. The van der Waals surface area contributed by atoms with E-state index >= 15 is 0 Å². The van der Waals surface area contributed by atoms with Crippen molar-refractivity contribution in [3.05, 3.63) is 46.9 Å². The Hall–Kier alpha value is -2.63. The van der Waals surface area contributed by atoms with Crippen LogP contribution in [0.4, 0.5) is 5.82 Å². The summed E-state index contributed by atoms with van der Waals surface area (Å²) in [6.07, 6.45) is 3.35. The molecule has 1 atom stereocenters. The molecular formula is C21H28N4O2. The molecule has 0 radical (unpaired) electrons. The molecule has 2 aromatic heterocycles. The summed E-state index contributed by atoms with van der Waals surface area (Å²) in [5.74, 6) is 0.303. The highest BCUT2D eigenvalue weighted by molar-refractivity contribution is 5.97. The number of amides is 2. The molecule has 0 saturated carbocycles. The predicted molar refractivity (Wildman–Crippen MR) is 106 cm³/mol. The van der Waals surface area contributed by atoms with E-state index in [-0.39, 0.29) is 17.7 Å². The minimum Gasteiger partial charge on any atom is -0.349 e. The Balaban J connectivity index is 1.69. The average Bonchev–Trinajstić information content (AvgIpc) is 2.96. The van der Waals surface area contributed by atoms with Gasteiger partial charge in [0, 0.05) is 37.2 Å². The lowest BCUT2D eigenvalue weighted by atomic mass is 9.96. The zero-order valence-electron chi connectivity index (χ0n) is 16.6. The Morgan fingerprint density at radius 2 is 2.04 bits per heavy atom. The van der Waals surface area contributed by atoms with Gasteiger partial charge >= 0.3 is 0 Å². The first-order valence-electron chi connectivity index (χ1n) is 9.60. The second-order valence-electron chi connectivity index (χ2n) is 7.33. The molecule has 3 heterocycles. The van der Waals surface area contributed by atoms with E-state index in [9.17, 15) is 9.59 Å². The Bertz CT molecular complexity index is 839. The summed E-state index contributed by atoms with van der Waals surface area (Å²) in [5, 5.41) is 2.88. The second kappa shape index (κ2) is 7.94. The number of nitrogens with one attached hydrogen (secondary N) is 1. The number of aryl methyl sites for hydroxylation is 2. The molecule has 0 spiro atoms. The fourth-order valence-corrected chi connectivity index (χ4v) is 3.82. The maximum absolute atomic E-state index is 13.0. The summed E-state index contributed by atoms with van der Waals surface area (Å²) in [4.78, 5) is 31.7. The van der Waals surface area contributed by atoms with E-state index in [1.165, 1.54) is 0 Å². The van der Waals surface area contributed by atoms with Gasteiger partial charge in [-0.2, -0.15) is 0 Å². The van der Waals surface area contributed by atoms with Crippen LogP contribution >= 0.6 is 0 Å². The maximum atomic E-state index is 13.0. The van der Waals surface area contributed by atoms with Crippen LogP contribution in [0.2, 0.25) is 0 Å². The van der Waals surface area contributed by atoms with E-state index in [0.717, 1.165) is 41.9 Å². The van der Waals surface area contributed by atoms with Crippen LogP contribution in [0.15, 0.2) is 24.4 Å². The lowest BCUT2D eigenvalue weighted by Gasteiger charge is -2.32. The van der Waals surface area contributed by atoms with Crippen LogP contribution in [0.1, 0.15) is 47.1 Å². The quantitative estimate of drug-likeness (QED) is 0.900. The lowest BCUT2D eigenvalue weighted by molar-refractivity contribution is -0.121. The van der Waals surface area contributed by atoms with Crippen molar-refractivity contribution >= 4 is 17.6 Å². The first kappa shape index (κ1) is 19.1. The van der Waals surface area contributed by atoms with E-state index in [4.69, 9.17) is 0 Å². The number of carbonyl (C=O) groups excluding carboxylic acids is 2. The van der Waals surface area contributed by atoms with Gasteiger partial charge in [-0.25, -0.2) is 4.98 Å². The summed E-state index contributed by atoms with van der Waals surface area (Å²) in [5.41, 5.74) is 3.88. The topological polar surface area (TPSA) is 67.2 Å². The number of nitrogens with zero attached hydrogens (tertiary/aromatic N) is 3. The van der Waals surface area contributed by atoms with Crippen LogP contribution in [0.3, 0.4) is 0 Å². The smallest absolute Gasteiger partial charge is 0.255 e. The molecule has 1 N–H and O–H groups in total. The van der Waals surface area contributed by atoms with Crippen molar-refractivity contribution in [2.75, 3.05) is 18.4 Å². The molecule has 1 aliphatic heterocycles. The number of piperidine rings is 1. The highest BCUT2D eigenvalue weighted by Crippen LogP contribution is 2.23. The molecule has 1 unspecified atom stereocenters. The number of likely N-dealkylation sites (tertiary alicyclic amines) is 1. The molecule has 0 bridgehead atoms. The molecule has 3 rings (SSSR count). The SMILES string of the molecule is CCn1c(C)cc(C(=O)N2CCCC(C(=O)Nc3ccc(C)cn3)C2)c1C. The summed E-state index contributed by atoms with van der Waals surface area (Å²) in [7, 11) is 0. The molecule has 1 fully saturated rings. The van der Waals surface area contributed by atoms with E-state index < -0.39 is 0 Å². The Labute approximate surface area is 160 Å². The second-order valence-corrected chi connectivity index (χ2v) is 7.33. The number of hydrogen-bond acceptors (Lipinski definition) is 3. The minimum atomic E-state index is -0.208. The van der Waals surface area contributed by atoms with Crippen molar-refractivity contribution in [3.63, 3.8) is 0 Å². The number of carbonyl (C=O) groups is 2. The maximum Gasteiger partial charge on any atom is 0.255 e. The molecule has 6 nitrogen and oxygen atoms in total. The molecule has 27 heavy (non-hydrogen) atoms. The van der Waals surface area contributed by atoms with Crippen molar-refractivity contribution in [1.82, 2.24) is 14.5 Å². The van der Waals surface area contributed by atoms with E-state index in [2.05, 4.69) is 21.8 Å². The van der Waals surface area contributed by atoms with Gasteiger partial charge in [0.25, 0.3) is 5.91 Å². The van der Waals surface area contributed by atoms with Crippen LogP contribution < -0.4 is 5.32 Å². The fraction of sp³-hybridized carbons (Fsp3) is 0.476.